The maximum atomic E-state index is 10.6. The molecule has 6 nitrogen and oxygen atoms in total. The minimum absolute atomic E-state index is 0.255. The molecule has 2 atom stereocenters. The number of ether oxygens (including phenoxy) is 1. The van der Waals surface area contributed by atoms with Gasteiger partial charge in [0.05, 0.1) is 0 Å². The van der Waals surface area contributed by atoms with E-state index in [-0.39, 0.29) is 6.61 Å². The van der Waals surface area contributed by atoms with Gasteiger partial charge in [0.1, 0.15) is 24.0 Å². The second-order valence-corrected chi connectivity index (χ2v) is 9.57. The van der Waals surface area contributed by atoms with Crippen LogP contribution in [0.25, 0.3) is 22.6 Å². The Morgan fingerprint density at radius 2 is 1.77 bits per heavy atom. The molecule has 2 heterocycles. The number of hydrogen-bond donors (Lipinski definition) is 1. The van der Waals surface area contributed by atoms with Crippen LogP contribution >= 0.6 is 0 Å². The van der Waals surface area contributed by atoms with E-state index in [2.05, 4.69) is 39.0 Å². The number of piperazine rings is 1. The fourth-order valence-electron chi connectivity index (χ4n) is 5.42. The number of oxazole rings is 1. The van der Waals surface area contributed by atoms with Crippen molar-refractivity contribution in [1.82, 2.24) is 14.8 Å². The second kappa shape index (κ2) is 9.82. The molecule has 3 aromatic carbocycles. The van der Waals surface area contributed by atoms with Gasteiger partial charge in [-0.2, -0.15) is 0 Å². The van der Waals surface area contributed by atoms with Crippen LogP contribution in [0.4, 0.5) is 0 Å². The lowest BCUT2D eigenvalue weighted by Crippen LogP contribution is -2.49. The monoisotopic (exact) mass is 469 g/mol. The Morgan fingerprint density at radius 1 is 0.971 bits per heavy atom. The highest BCUT2D eigenvalue weighted by Crippen LogP contribution is 2.36. The van der Waals surface area contributed by atoms with Crippen molar-refractivity contribution >= 4 is 11.1 Å². The summed E-state index contributed by atoms with van der Waals surface area (Å²) in [5.41, 5.74) is 5.43. The summed E-state index contributed by atoms with van der Waals surface area (Å²) in [6.45, 7) is 4.91. The maximum absolute atomic E-state index is 10.6. The van der Waals surface area contributed by atoms with Crippen molar-refractivity contribution in [3.8, 4) is 17.2 Å². The Kier molecular flexibility index (Phi) is 6.25. The summed E-state index contributed by atoms with van der Waals surface area (Å²) >= 11 is 0. The number of nitrogens with zero attached hydrogens (tertiary/aromatic N) is 3. The van der Waals surface area contributed by atoms with Gasteiger partial charge in [0, 0.05) is 50.4 Å². The maximum Gasteiger partial charge on any atom is 0.227 e. The molecule has 1 aliphatic carbocycles. The van der Waals surface area contributed by atoms with Crippen LogP contribution in [0.3, 0.4) is 0 Å². The van der Waals surface area contributed by atoms with Crippen molar-refractivity contribution in [3.05, 3.63) is 83.9 Å². The third-order valence-corrected chi connectivity index (χ3v) is 7.24. The van der Waals surface area contributed by atoms with Crippen LogP contribution in [0, 0.1) is 0 Å². The Bertz CT molecular complexity index is 1280. The van der Waals surface area contributed by atoms with E-state index >= 15 is 0 Å². The quantitative estimate of drug-likeness (QED) is 0.429. The molecular weight excluding hydrogens is 438 g/mol. The zero-order valence-electron chi connectivity index (χ0n) is 19.8. The van der Waals surface area contributed by atoms with Crippen molar-refractivity contribution in [2.75, 3.05) is 39.3 Å². The summed E-state index contributed by atoms with van der Waals surface area (Å²) in [5, 5.41) is 10.6. The summed E-state index contributed by atoms with van der Waals surface area (Å²) in [7, 11) is 0. The first-order valence-corrected chi connectivity index (χ1v) is 12.5. The van der Waals surface area contributed by atoms with E-state index < -0.39 is 6.10 Å². The van der Waals surface area contributed by atoms with E-state index in [1.165, 1.54) is 24.0 Å². The second-order valence-electron chi connectivity index (χ2n) is 9.57. The van der Waals surface area contributed by atoms with Gasteiger partial charge in [-0.25, -0.2) is 4.98 Å². The van der Waals surface area contributed by atoms with E-state index in [9.17, 15) is 5.11 Å². The van der Waals surface area contributed by atoms with Crippen molar-refractivity contribution in [2.24, 2.45) is 0 Å². The van der Waals surface area contributed by atoms with Gasteiger partial charge in [0.2, 0.25) is 5.89 Å². The predicted molar refractivity (Wildman–Crippen MR) is 136 cm³/mol. The molecule has 0 unspecified atom stereocenters. The topological polar surface area (TPSA) is 62.0 Å². The summed E-state index contributed by atoms with van der Waals surface area (Å²) in [6, 6.07) is 24.9. The Hall–Kier alpha value is -3.19. The summed E-state index contributed by atoms with van der Waals surface area (Å²) in [5.74, 6) is 1.28. The number of hydrogen-bond acceptors (Lipinski definition) is 6. The number of benzene rings is 3. The molecule has 35 heavy (non-hydrogen) atoms. The number of aromatic nitrogens is 1. The number of fused-ring (bicyclic) bond motifs is 2. The molecule has 6 heteroatoms. The van der Waals surface area contributed by atoms with Gasteiger partial charge in [-0.3, -0.25) is 9.80 Å². The minimum Gasteiger partial charge on any atom is -0.491 e. The average Bonchev–Trinajstić information content (AvgIpc) is 3.53. The van der Waals surface area contributed by atoms with Gasteiger partial charge in [0.25, 0.3) is 0 Å². The molecule has 1 fully saturated rings. The summed E-state index contributed by atoms with van der Waals surface area (Å²) in [6.07, 6.45) is 1.87. The summed E-state index contributed by atoms with van der Waals surface area (Å²) < 4.78 is 11.8. The third kappa shape index (κ3) is 4.82. The zero-order chi connectivity index (χ0) is 23.6. The van der Waals surface area contributed by atoms with Gasteiger partial charge in [-0.05, 0) is 48.2 Å². The van der Waals surface area contributed by atoms with Gasteiger partial charge in [-0.1, -0.05) is 42.5 Å². The molecular formula is C29H31N3O3. The minimum atomic E-state index is -0.540. The number of β-amino-alcohol motifs (C(OH)–C–C–N with tert-alkyl or cyclic N) is 1. The SMILES string of the molecule is O[C@@H](COc1ccc2oc(-c3ccccc3)nc2c1)CN1CCN([C@H]2CCc3ccccc32)CC1. The van der Waals surface area contributed by atoms with Gasteiger partial charge in [0.15, 0.2) is 5.58 Å². The van der Waals surface area contributed by atoms with E-state index in [0.717, 1.165) is 42.8 Å². The molecule has 0 spiro atoms. The lowest BCUT2D eigenvalue weighted by Gasteiger charge is -2.39. The lowest BCUT2D eigenvalue weighted by molar-refractivity contribution is 0.0362. The molecule has 4 aromatic rings. The van der Waals surface area contributed by atoms with Crippen LogP contribution in [0.1, 0.15) is 23.6 Å². The van der Waals surface area contributed by atoms with E-state index in [1.54, 1.807) is 0 Å². The van der Waals surface area contributed by atoms with Crippen LogP contribution in [-0.4, -0.2) is 65.3 Å². The Balaban J connectivity index is 0.999. The van der Waals surface area contributed by atoms with Crippen molar-refractivity contribution in [1.29, 1.82) is 0 Å². The fourth-order valence-corrected chi connectivity index (χ4v) is 5.42. The highest BCUT2D eigenvalue weighted by Gasteiger charge is 2.30. The van der Waals surface area contributed by atoms with E-state index in [4.69, 9.17) is 9.15 Å². The van der Waals surface area contributed by atoms with Crippen molar-refractivity contribution in [3.63, 3.8) is 0 Å². The molecule has 0 bridgehead atoms. The smallest absolute Gasteiger partial charge is 0.227 e. The molecule has 6 rings (SSSR count). The Morgan fingerprint density at radius 3 is 2.63 bits per heavy atom. The Labute approximate surface area is 205 Å². The van der Waals surface area contributed by atoms with Crippen LogP contribution in [-0.2, 0) is 6.42 Å². The molecule has 1 aromatic heterocycles. The molecule has 2 aliphatic rings. The molecule has 0 amide bonds. The standard InChI is InChI=1S/C29H31N3O3/c33-23(19-31-14-16-32(17-15-31)27-12-10-21-6-4-5-9-25(21)27)20-34-24-11-13-28-26(18-24)30-29(35-28)22-7-2-1-3-8-22/h1-9,11,13,18,23,27,33H,10,12,14-17,19-20H2/t23-,27+/m1/s1. The van der Waals surface area contributed by atoms with Crippen LogP contribution in [0.5, 0.6) is 5.75 Å². The zero-order valence-corrected chi connectivity index (χ0v) is 19.8. The first-order chi connectivity index (χ1) is 17.2. The van der Waals surface area contributed by atoms with Crippen LogP contribution in [0.2, 0.25) is 0 Å². The van der Waals surface area contributed by atoms with Crippen molar-refractivity contribution in [2.45, 2.75) is 25.0 Å². The van der Waals surface area contributed by atoms with E-state index in [1.807, 2.05) is 48.5 Å². The molecule has 1 N–H and O–H groups in total. The van der Waals surface area contributed by atoms with Crippen molar-refractivity contribution < 1.29 is 14.3 Å². The highest BCUT2D eigenvalue weighted by atomic mass is 16.5. The molecule has 1 saturated heterocycles. The normalized spacial score (nSPS) is 19.6. The van der Waals surface area contributed by atoms with E-state index in [0.29, 0.717) is 24.2 Å². The third-order valence-electron chi connectivity index (χ3n) is 7.24. The van der Waals surface area contributed by atoms with Gasteiger partial charge < -0.3 is 14.3 Å². The van der Waals surface area contributed by atoms with Gasteiger partial charge in [-0.15, -0.1) is 0 Å². The fraction of sp³-hybridized carbons (Fsp3) is 0.345. The molecule has 0 saturated carbocycles. The first kappa shape index (κ1) is 22.3. The largest absolute Gasteiger partial charge is 0.491 e. The first-order valence-electron chi connectivity index (χ1n) is 12.5. The van der Waals surface area contributed by atoms with Gasteiger partial charge >= 0.3 is 0 Å². The van der Waals surface area contributed by atoms with Crippen LogP contribution in [0.15, 0.2) is 77.2 Å². The summed E-state index contributed by atoms with van der Waals surface area (Å²) in [4.78, 5) is 9.55. The number of rotatable bonds is 7. The average molecular weight is 470 g/mol. The molecule has 180 valence electrons. The lowest BCUT2D eigenvalue weighted by atomic mass is 10.1. The molecule has 1 aliphatic heterocycles. The highest BCUT2D eigenvalue weighted by molar-refractivity contribution is 5.77. The number of aliphatic hydroxyl groups is 1. The number of aryl methyl sites for hydroxylation is 1. The number of aliphatic hydroxyl groups excluding tert-OH is 1. The van der Waals surface area contributed by atoms with Crippen LogP contribution < -0.4 is 4.74 Å². The predicted octanol–water partition coefficient (Wildman–Crippen LogP) is 4.54. The molecule has 0 radical (unpaired) electrons.